The van der Waals surface area contributed by atoms with Crippen molar-refractivity contribution in [3.8, 4) is 22.8 Å². The van der Waals surface area contributed by atoms with Crippen LogP contribution in [-0.4, -0.2) is 10.2 Å². The summed E-state index contributed by atoms with van der Waals surface area (Å²) < 4.78 is 5.88. The molecule has 0 aliphatic carbocycles. The van der Waals surface area contributed by atoms with Gasteiger partial charge in [-0.15, -0.1) is 0 Å². The number of phenols is 2. The van der Waals surface area contributed by atoms with Crippen LogP contribution in [0.15, 0.2) is 46.9 Å². The summed E-state index contributed by atoms with van der Waals surface area (Å²) in [6.07, 6.45) is 0.812. The zero-order valence-corrected chi connectivity index (χ0v) is 10.6. The number of aromatic hydroxyl groups is 2. The van der Waals surface area contributed by atoms with Gasteiger partial charge >= 0.3 is 0 Å². The minimum Gasteiger partial charge on any atom is -0.508 e. The molecule has 0 radical (unpaired) electrons. The van der Waals surface area contributed by atoms with E-state index in [-0.39, 0.29) is 11.5 Å². The quantitative estimate of drug-likeness (QED) is 0.724. The second kappa shape index (κ2) is 4.35. The Balaban J connectivity index is 2.25. The highest BCUT2D eigenvalue weighted by atomic mass is 16.3. The second-order valence-corrected chi connectivity index (χ2v) is 4.49. The fourth-order valence-electron chi connectivity index (χ4n) is 2.33. The normalized spacial score (nSPS) is 11.0. The predicted octanol–water partition coefficient (Wildman–Crippen LogP) is 4.07. The minimum absolute atomic E-state index is 0.232. The molecule has 0 bridgehead atoms. The number of aryl methyl sites for hydroxylation is 1. The van der Waals surface area contributed by atoms with Crippen LogP contribution in [0.2, 0.25) is 0 Å². The maximum atomic E-state index is 9.59. The Bertz CT molecular complexity index is 724. The Labute approximate surface area is 110 Å². The van der Waals surface area contributed by atoms with Gasteiger partial charge in [0.2, 0.25) is 0 Å². The molecule has 2 aromatic carbocycles. The van der Waals surface area contributed by atoms with E-state index in [1.807, 2.05) is 12.1 Å². The maximum absolute atomic E-state index is 9.59. The molecule has 0 saturated heterocycles. The molecule has 1 aromatic heterocycles. The summed E-state index contributed by atoms with van der Waals surface area (Å²) in [5.74, 6) is 1.26. The highest BCUT2D eigenvalue weighted by molar-refractivity contribution is 5.89. The number of rotatable bonds is 2. The average Bonchev–Trinajstić information content (AvgIpc) is 2.77. The van der Waals surface area contributed by atoms with Crippen molar-refractivity contribution in [3.05, 3.63) is 48.0 Å². The van der Waals surface area contributed by atoms with Crippen molar-refractivity contribution < 1.29 is 14.6 Å². The van der Waals surface area contributed by atoms with Gasteiger partial charge in [-0.1, -0.05) is 6.92 Å². The molecular formula is C16H14O3. The first-order chi connectivity index (χ1) is 9.19. The molecule has 0 amide bonds. The van der Waals surface area contributed by atoms with Crippen LogP contribution in [-0.2, 0) is 6.42 Å². The van der Waals surface area contributed by atoms with E-state index >= 15 is 0 Å². The first-order valence-electron chi connectivity index (χ1n) is 6.23. The highest BCUT2D eigenvalue weighted by Gasteiger charge is 2.14. The van der Waals surface area contributed by atoms with Crippen LogP contribution in [0.4, 0.5) is 0 Å². The molecule has 0 atom stereocenters. The largest absolute Gasteiger partial charge is 0.508 e. The van der Waals surface area contributed by atoms with E-state index in [0.29, 0.717) is 0 Å². The van der Waals surface area contributed by atoms with Gasteiger partial charge in [-0.05, 0) is 48.9 Å². The van der Waals surface area contributed by atoms with Gasteiger partial charge in [0, 0.05) is 16.5 Å². The van der Waals surface area contributed by atoms with Crippen LogP contribution in [0.25, 0.3) is 22.3 Å². The summed E-state index contributed by atoms with van der Waals surface area (Å²) in [5.41, 5.74) is 2.75. The van der Waals surface area contributed by atoms with E-state index in [1.54, 1.807) is 30.3 Å². The van der Waals surface area contributed by atoms with Gasteiger partial charge in [0.15, 0.2) is 0 Å². The lowest BCUT2D eigenvalue weighted by Crippen LogP contribution is -1.82. The fraction of sp³-hybridized carbons (Fsp3) is 0.125. The van der Waals surface area contributed by atoms with Crippen LogP contribution in [0.5, 0.6) is 11.5 Å². The third-order valence-electron chi connectivity index (χ3n) is 3.26. The summed E-state index contributed by atoms with van der Waals surface area (Å²) in [4.78, 5) is 0. The smallest absolute Gasteiger partial charge is 0.138 e. The zero-order chi connectivity index (χ0) is 13.4. The van der Waals surface area contributed by atoms with Crippen molar-refractivity contribution in [3.63, 3.8) is 0 Å². The molecule has 3 rings (SSSR count). The van der Waals surface area contributed by atoms with Crippen LogP contribution >= 0.6 is 0 Å². The lowest BCUT2D eigenvalue weighted by Gasteiger charge is -2.01. The van der Waals surface area contributed by atoms with Crippen molar-refractivity contribution in [2.45, 2.75) is 13.3 Å². The Morgan fingerprint density at radius 3 is 2.32 bits per heavy atom. The molecule has 19 heavy (non-hydrogen) atoms. The Morgan fingerprint density at radius 2 is 1.63 bits per heavy atom. The average molecular weight is 254 g/mol. The van der Waals surface area contributed by atoms with Crippen LogP contribution in [0.1, 0.15) is 12.5 Å². The van der Waals surface area contributed by atoms with E-state index in [9.17, 15) is 10.2 Å². The van der Waals surface area contributed by atoms with E-state index < -0.39 is 0 Å². The second-order valence-electron chi connectivity index (χ2n) is 4.49. The van der Waals surface area contributed by atoms with Gasteiger partial charge in [-0.2, -0.15) is 0 Å². The lowest BCUT2D eigenvalue weighted by atomic mass is 10.0. The Morgan fingerprint density at radius 1 is 0.947 bits per heavy atom. The van der Waals surface area contributed by atoms with Crippen molar-refractivity contribution >= 4 is 11.0 Å². The zero-order valence-electron chi connectivity index (χ0n) is 10.6. The van der Waals surface area contributed by atoms with Gasteiger partial charge in [0.25, 0.3) is 0 Å². The van der Waals surface area contributed by atoms with Gasteiger partial charge in [-0.25, -0.2) is 0 Å². The minimum atomic E-state index is 0.232. The number of furan rings is 1. The molecule has 3 heteroatoms. The standard InChI is InChI=1S/C16H14O3/c1-2-13-14-9-12(18)7-8-15(14)19-16(13)10-3-5-11(17)6-4-10/h3-9,17-18H,2H2,1H3. The van der Waals surface area contributed by atoms with Crippen LogP contribution in [0.3, 0.4) is 0 Å². The topological polar surface area (TPSA) is 53.6 Å². The molecule has 0 spiro atoms. The van der Waals surface area contributed by atoms with Gasteiger partial charge in [-0.3, -0.25) is 0 Å². The number of benzene rings is 2. The predicted molar refractivity (Wildman–Crippen MR) is 74.4 cm³/mol. The number of hydrogen-bond acceptors (Lipinski definition) is 3. The first-order valence-corrected chi connectivity index (χ1v) is 6.23. The summed E-state index contributed by atoms with van der Waals surface area (Å²) in [6, 6.07) is 12.0. The first kappa shape index (κ1) is 11.7. The molecule has 0 fully saturated rings. The summed E-state index contributed by atoms with van der Waals surface area (Å²) >= 11 is 0. The van der Waals surface area contributed by atoms with E-state index in [2.05, 4.69) is 6.92 Å². The summed E-state index contributed by atoms with van der Waals surface area (Å²) in [5, 5.41) is 19.9. The monoisotopic (exact) mass is 254 g/mol. The SMILES string of the molecule is CCc1c(-c2ccc(O)cc2)oc2ccc(O)cc12. The summed E-state index contributed by atoms with van der Waals surface area (Å²) in [7, 11) is 0. The molecule has 1 heterocycles. The van der Waals surface area contributed by atoms with Crippen molar-refractivity contribution in [1.29, 1.82) is 0 Å². The number of fused-ring (bicyclic) bond motifs is 1. The number of phenolic OH excluding ortho intramolecular Hbond substituents is 2. The molecule has 0 aliphatic heterocycles. The van der Waals surface area contributed by atoms with Crippen molar-refractivity contribution in [2.75, 3.05) is 0 Å². The Hall–Kier alpha value is -2.42. The van der Waals surface area contributed by atoms with E-state index in [4.69, 9.17) is 4.42 Å². The van der Waals surface area contributed by atoms with Crippen LogP contribution < -0.4 is 0 Å². The molecule has 0 saturated carbocycles. The molecule has 3 aromatic rings. The van der Waals surface area contributed by atoms with E-state index in [1.165, 1.54) is 0 Å². The van der Waals surface area contributed by atoms with Gasteiger partial charge in [0.05, 0.1) is 0 Å². The van der Waals surface area contributed by atoms with Gasteiger partial charge < -0.3 is 14.6 Å². The molecule has 2 N–H and O–H groups in total. The van der Waals surface area contributed by atoms with Crippen molar-refractivity contribution in [1.82, 2.24) is 0 Å². The fourth-order valence-corrected chi connectivity index (χ4v) is 2.33. The molecule has 96 valence electrons. The molecule has 0 unspecified atom stereocenters. The van der Waals surface area contributed by atoms with E-state index in [0.717, 1.165) is 34.3 Å². The molecule has 0 aliphatic rings. The number of hydrogen-bond donors (Lipinski definition) is 2. The lowest BCUT2D eigenvalue weighted by molar-refractivity contribution is 0.475. The van der Waals surface area contributed by atoms with Gasteiger partial charge in [0.1, 0.15) is 22.8 Å². The van der Waals surface area contributed by atoms with Crippen LogP contribution in [0, 0.1) is 0 Å². The van der Waals surface area contributed by atoms with Crippen molar-refractivity contribution in [2.24, 2.45) is 0 Å². The third-order valence-corrected chi connectivity index (χ3v) is 3.26. The highest BCUT2D eigenvalue weighted by Crippen LogP contribution is 2.35. The summed E-state index contributed by atoms with van der Waals surface area (Å²) in [6.45, 7) is 2.05. The third kappa shape index (κ3) is 1.93. The Kier molecular flexibility index (Phi) is 2.67. The maximum Gasteiger partial charge on any atom is 0.138 e. The molecular weight excluding hydrogens is 240 g/mol. The molecule has 3 nitrogen and oxygen atoms in total.